The monoisotopic (exact) mass is 326 g/mol. The molecular weight excluding hydrogens is 312 g/mol. The first-order chi connectivity index (χ1) is 10.8. The number of hydrogen-bond donors (Lipinski definition) is 2. The van der Waals surface area contributed by atoms with Gasteiger partial charge in [0.1, 0.15) is 0 Å². The lowest BCUT2D eigenvalue weighted by Crippen LogP contribution is -2.32. The van der Waals surface area contributed by atoms with Gasteiger partial charge in [0.15, 0.2) is 0 Å². The van der Waals surface area contributed by atoms with E-state index in [1.807, 2.05) is 71.5 Å². The van der Waals surface area contributed by atoms with Crippen LogP contribution in [0.15, 0.2) is 75.2 Å². The molecule has 3 nitrogen and oxygen atoms in total. The van der Waals surface area contributed by atoms with Gasteiger partial charge in [-0.05, 0) is 29.7 Å². The lowest BCUT2D eigenvalue weighted by molar-refractivity contribution is 1.04. The second-order valence-corrected chi connectivity index (χ2v) is 6.39. The van der Waals surface area contributed by atoms with Crippen molar-refractivity contribution in [3.63, 3.8) is 0 Å². The van der Waals surface area contributed by atoms with Crippen LogP contribution >= 0.6 is 23.5 Å². The van der Waals surface area contributed by atoms with Gasteiger partial charge < -0.3 is 0 Å². The summed E-state index contributed by atoms with van der Waals surface area (Å²) in [6.45, 7) is 0. The van der Waals surface area contributed by atoms with Crippen molar-refractivity contribution in [1.29, 1.82) is 0 Å². The Hall–Kier alpha value is -2.11. The van der Waals surface area contributed by atoms with Crippen molar-refractivity contribution in [2.75, 3.05) is 0 Å². The molecule has 0 spiro atoms. The van der Waals surface area contributed by atoms with Crippen molar-refractivity contribution in [3.05, 3.63) is 81.6 Å². The third-order valence-corrected chi connectivity index (χ3v) is 4.75. The molecule has 0 saturated heterocycles. The van der Waals surface area contributed by atoms with Gasteiger partial charge in [-0.25, -0.2) is 0 Å². The fourth-order valence-corrected chi connectivity index (χ4v) is 3.40. The second-order valence-electron chi connectivity index (χ2n) is 4.50. The van der Waals surface area contributed by atoms with Crippen LogP contribution in [0, 0.1) is 0 Å². The lowest BCUT2D eigenvalue weighted by Gasteiger charge is -1.93. The summed E-state index contributed by atoms with van der Waals surface area (Å²) in [7, 11) is 0. The average molecular weight is 326 g/mol. The first kappa shape index (κ1) is 14.8. The summed E-state index contributed by atoms with van der Waals surface area (Å²) < 4.78 is 0. The molecule has 110 valence electrons. The van der Waals surface area contributed by atoms with Crippen molar-refractivity contribution >= 4 is 34.3 Å². The summed E-state index contributed by atoms with van der Waals surface area (Å²) >= 11 is 3.11. The van der Waals surface area contributed by atoms with Crippen LogP contribution in [0.3, 0.4) is 0 Å². The first-order valence-electron chi connectivity index (χ1n) is 6.73. The molecule has 1 aromatic heterocycles. The number of hydrogen-bond acceptors (Lipinski definition) is 3. The first-order valence-corrected chi connectivity index (χ1v) is 8.49. The molecule has 0 unspecified atom stereocenters. The lowest BCUT2D eigenvalue weighted by atomic mass is 10.4. The fraction of sp³-hybridized carbons (Fsp3) is 0. The predicted octanol–water partition coefficient (Wildman–Crippen LogP) is 2.76. The smallest absolute Gasteiger partial charge is 0.272 e. The van der Waals surface area contributed by atoms with Gasteiger partial charge in [0.2, 0.25) is 0 Å². The van der Waals surface area contributed by atoms with Crippen molar-refractivity contribution in [1.82, 2.24) is 10.2 Å². The minimum absolute atomic E-state index is 0.108. The normalized spacial score (nSPS) is 12.7. The molecule has 0 atom stereocenters. The van der Waals surface area contributed by atoms with E-state index in [9.17, 15) is 4.79 Å². The summed E-state index contributed by atoms with van der Waals surface area (Å²) in [5.74, 6) is 0. The predicted molar refractivity (Wildman–Crippen MR) is 94.2 cm³/mol. The number of benzene rings is 2. The molecule has 3 rings (SSSR count). The molecule has 0 aliphatic heterocycles. The Balaban J connectivity index is 1.89. The summed E-state index contributed by atoms with van der Waals surface area (Å²) in [5, 5.41) is 10.8. The third-order valence-electron chi connectivity index (χ3n) is 2.96. The Morgan fingerprint density at radius 1 is 0.727 bits per heavy atom. The molecule has 3 aromatic rings. The largest absolute Gasteiger partial charge is 0.297 e. The molecule has 0 amide bonds. The van der Waals surface area contributed by atoms with Crippen LogP contribution in [-0.2, 0) is 0 Å². The molecule has 0 radical (unpaired) electrons. The van der Waals surface area contributed by atoms with Gasteiger partial charge in [-0.1, -0.05) is 59.9 Å². The van der Waals surface area contributed by atoms with Gasteiger partial charge >= 0.3 is 0 Å². The van der Waals surface area contributed by atoms with E-state index in [-0.39, 0.29) is 5.56 Å². The minimum atomic E-state index is -0.108. The standard InChI is InChI=1S/C17H14N2OS2/c20-17-15(11-21-13-7-3-1-4-8-13)16(18-19-17)12-22-14-9-5-2-6-10-14/h1-12,18H,(H,19,20)/b15-11?,16-12-. The van der Waals surface area contributed by atoms with Crippen LogP contribution in [-0.4, -0.2) is 10.2 Å². The topological polar surface area (TPSA) is 48.6 Å². The molecule has 22 heavy (non-hydrogen) atoms. The molecule has 0 saturated carbocycles. The van der Waals surface area contributed by atoms with Gasteiger partial charge in [-0.2, -0.15) is 0 Å². The SMILES string of the molecule is O=c1[nH][nH]/c(=C\Sc2ccccc2)c1=CSc1ccccc1. The number of thioether (sulfide) groups is 2. The van der Waals surface area contributed by atoms with E-state index in [1.165, 1.54) is 11.8 Å². The molecule has 1 heterocycles. The van der Waals surface area contributed by atoms with Gasteiger partial charge in [-0.15, -0.1) is 0 Å². The number of aromatic amines is 2. The van der Waals surface area contributed by atoms with E-state index in [4.69, 9.17) is 0 Å². The van der Waals surface area contributed by atoms with Gasteiger partial charge in [0.25, 0.3) is 5.56 Å². The van der Waals surface area contributed by atoms with Crippen molar-refractivity contribution in [3.8, 4) is 0 Å². The highest BCUT2D eigenvalue weighted by molar-refractivity contribution is 8.07. The van der Waals surface area contributed by atoms with E-state index >= 15 is 0 Å². The van der Waals surface area contributed by atoms with Gasteiger partial charge in [-0.3, -0.25) is 15.0 Å². The molecular formula is C17H14N2OS2. The highest BCUT2D eigenvalue weighted by Gasteiger charge is 1.96. The second kappa shape index (κ2) is 7.24. The number of aromatic nitrogens is 2. The Morgan fingerprint density at radius 2 is 1.27 bits per heavy atom. The van der Waals surface area contributed by atoms with E-state index in [0.717, 1.165) is 15.1 Å². The minimum Gasteiger partial charge on any atom is -0.297 e. The number of rotatable bonds is 4. The summed E-state index contributed by atoms with van der Waals surface area (Å²) in [6, 6.07) is 20.0. The van der Waals surface area contributed by atoms with Crippen LogP contribution in [0.2, 0.25) is 0 Å². The molecule has 0 bridgehead atoms. The van der Waals surface area contributed by atoms with Crippen LogP contribution in [0.5, 0.6) is 0 Å². The summed E-state index contributed by atoms with van der Waals surface area (Å²) in [6.07, 6.45) is 0. The maximum Gasteiger partial charge on any atom is 0.272 e. The number of nitrogens with one attached hydrogen (secondary N) is 2. The quantitative estimate of drug-likeness (QED) is 0.725. The van der Waals surface area contributed by atoms with Gasteiger partial charge in [0.05, 0.1) is 10.6 Å². The van der Waals surface area contributed by atoms with Gasteiger partial charge in [0, 0.05) is 15.2 Å². The molecule has 0 aliphatic carbocycles. The molecule has 0 fully saturated rings. The zero-order valence-electron chi connectivity index (χ0n) is 11.7. The Bertz CT molecular complexity index is 899. The van der Waals surface area contributed by atoms with E-state index in [0.29, 0.717) is 5.22 Å². The van der Waals surface area contributed by atoms with Crippen LogP contribution in [0.1, 0.15) is 0 Å². The van der Waals surface area contributed by atoms with Crippen LogP contribution < -0.4 is 16.1 Å². The zero-order chi connectivity index (χ0) is 15.2. The molecule has 5 heteroatoms. The summed E-state index contributed by atoms with van der Waals surface area (Å²) in [4.78, 5) is 14.1. The molecule has 0 aliphatic rings. The van der Waals surface area contributed by atoms with E-state index < -0.39 is 0 Å². The summed E-state index contributed by atoms with van der Waals surface area (Å²) in [5.41, 5.74) is -0.108. The van der Waals surface area contributed by atoms with Crippen molar-refractivity contribution < 1.29 is 0 Å². The van der Waals surface area contributed by atoms with Crippen molar-refractivity contribution in [2.45, 2.75) is 9.79 Å². The maximum absolute atomic E-state index is 11.9. The number of H-pyrrole nitrogens is 2. The maximum atomic E-state index is 11.9. The van der Waals surface area contributed by atoms with E-state index in [2.05, 4.69) is 10.2 Å². The van der Waals surface area contributed by atoms with E-state index in [1.54, 1.807) is 11.8 Å². The Labute approximate surface area is 136 Å². The van der Waals surface area contributed by atoms with Crippen LogP contribution in [0.4, 0.5) is 0 Å². The highest BCUT2D eigenvalue weighted by atomic mass is 32.2. The average Bonchev–Trinajstić information content (AvgIpc) is 2.93. The highest BCUT2D eigenvalue weighted by Crippen LogP contribution is 2.18. The van der Waals surface area contributed by atoms with Crippen molar-refractivity contribution in [2.24, 2.45) is 0 Å². The Morgan fingerprint density at radius 3 is 1.86 bits per heavy atom. The molecule has 2 aromatic carbocycles. The van der Waals surface area contributed by atoms with Crippen LogP contribution in [0.25, 0.3) is 10.8 Å². The zero-order valence-corrected chi connectivity index (χ0v) is 13.3. The third kappa shape index (κ3) is 3.75. The Kier molecular flexibility index (Phi) is 4.88. The molecule has 2 N–H and O–H groups in total. The fourth-order valence-electron chi connectivity index (χ4n) is 1.84.